The number of amides is 1. The number of benzene rings is 3. The average molecular weight is 512 g/mol. The number of alkyl halides is 3. The Balaban J connectivity index is 1.49. The average Bonchev–Trinajstić information content (AvgIpc) is 3.32. The highest BCUT2D eigenvalue weighted by molar-refractivity contribution is 6.03. The second kappa shape index (κ2) is 10.4. The van der Waals surface area contributed by atoms with Crippen molar-refractivity contribution in [2.45, 2.75) is 19.8 Å². The number of ether oxygens (including phenoxy) is 2. The number of halogens is 3. The quantitative estimate of drug-likeness (QED) is 0.222. The molecule has 37 heavy (non-hydrogen) atoms. The van der Waals surface area contributed by atoms with Crippen molar-refractivity contribution in [3.8, 4) is 17.2 Å². The first-order chi connectivity index (χ1) is 17.6. The van der Waals surface area contributed by atoms with Crippen LogP contribution in [0.2, 0.25) is 0 Å². The van der Waals surface area contributed by atoms with Crippen LogP contribution in [0.3, 0.4) is 0 Å². The van der Waals surface area contributed by atoms with Gasteiger partial charge in [-0.1, -0.05) is 24.3 Å². The maximum Gasteiger partial charge on any atom is 0.416 e. The lowest BCUT2D eigenvalue weighted by molar-refractivity contribution is -0.384. The number of rotatable bonds is 8. The van der Waals surface area contributed by atoms with Crippen LogP contribution in [0.25, 0.3) is 0 Å². The standard InChI is InChI=1S/C25H19F3N4O5/c1-16-5-2-3-8-23(16)36-15-31-10-9-22(30-31)24(33)29-18-12-19(32(34)35)14-21(13-18)37-20-7-4-6-17(11-20)25(26,27)28/h2-14H,15H2,1H3,(H,29,33). The zero-order valence-electron chi connectivity index (χ0n) is 19.2. The molecule has 1 aromatic heterocycles. The van der Waals surface area contributed by atoms with E-state index in [1.54, 1.807) is 6.07 Å². The number of aromatic nitrogens is 2. The molecule has 4 rings (SSSR count). The maximum atomic E-state index is 13.0. The van der Waals surface area contributed by atoms with Crippen molar-refractivity contribution in [3.05, 3.63) is 106 Å². The minimum Gasteiger partial charge on any atom is -0.471 e. The molecular formula is C25H19F3N4O5. The van der Waals surface area contributed by atoms with Gasteiger partial charge in [0.05, 0.1) is 22.2 Å². The van der Waals surface area contributed by atoms with Crippen LogP contribution >= 0.6 is 0 Å². The van der Waals surface area contributed by atoms with Gasteiger partial charge >= 0.3 is 6.18 Å². The molecule has 9 nitrogen and oxygen atoms in total. The Morgan fingerprint density at radius 3 is 2.57 bits per heavy atom. The molecule has 0 spiro atoms. The Kier molecular flexibility index (Phi) is 7.09. The van der Waals surface area contributed by atoms with Gasteiger partial charge in [-0.15, -0.1) is 0 Å². The molecule has 3 aromatic carbocycles. The van der Waals surface area contributed by atoms with Crippen LogP contribution in [-0.2, 0) is 12.9 Å². The first kappa shape index (κ1) is 25.2. The Hall–Kier alpha value is -4.87. The third-order valence-corrected chi connectivity index (χ3v) is 5.08. The number of non-ortho nitro benzene ring substituents is 1. The molecule has 0 atom stereocenters. The van der Waals surface area contributed by atoms with E-state index in [1.165, 1.54) is 29.1 Å². The van der Waals surface area contributed by atoms with Crippen LogP contribution < -0.4 is 14.8 Å². The van der Waals surface area contributed by atoms with Gasteiger partial charge < -0.3 is 14.8 Å². The van der Waals surface area contributed by atoms with E-state index in [0.29, 0.717) is 5.75 Å². The van der Waals surface area contributed by atoms with Crippen molar-refractivity contribution in [1.29, 1.82) is 0 Å². The van der Waals surface area contributed by atoms with E-state index in [1.807, 2.05) is 25.1 Å². The number of carbonyl (C=O) groups is 1. The molecule has 0 fully saturated rings. The third kappa shape index (κ3) is 6.42. The van der Waals surface area contributed by atoms with Gasteiger partial charge in [-0.2, -0.15) is 18.3 Å². The van der Waals surface area contributed by atoms with Crippen LogP contribution in [0.4, 0.5) is 24.5 Å². The summed E-state index contributed by atoms with van der Waals surface area (Å²) in [5.74, 6) is -0.324. The molecule has 1 N–H and O–H groups in total. The number of para-hydroxylation sites is 1. The molecule has 0 saturated carbocycles. The number of nitrogens with zero attached hydrogens (tertiary/aromatic N) is 3. The first-order valence-electron chi connectivity index (χ1n) is 10.8. The molecule has 0 bridgehead atoms. The zero-order chi connectivity index (χ0) is 26.6. The van der Waals surface area contributed by atoms with Crippen molar-refractivity contribution < 1.29 is 32.4 Å². The van der Waals surface area contributed by atoms with E-state index < -0.39 is 28.3 Å². The van der Waals surface area contributed by atoms with Crippen LogP contribution in [-0.4, -0.2) is 20.6 Å². The monoisotopic (exact) mass is 512 g/mol. The summed E-state index contributed by atoms with van der Waals surface area (Å²) in [5, 5.41) is 18.0. The molecule has 4 aromatic rings. The van der Waals surface area contributed by atoms with Crippen LogP contribution in [0.5, 0.6) is 17.2 Å². The molecule has 0 aliphatic heterocycles. The van der Waals surface area contributed by atoms with Crippen molar-refractivity contribution >= 4 is 17.3 Å². The van der Waals surface area contributed by atoms with Crippen molar-refractivity contribution in [2.75, 3.05) is 5.32 Å². The maximum absolute atomic E-state index is 13.0. The van der Waals surface area contributed by atoms with Gasteiger partial charge in [0, 0.05) is 18.3 Å². The minimum absolute atomic E-state index is 0.00751. The van der Waals surface area contributed by atoms with Gasteiger partial charge in [-0.05, 0) is 42.8 Å². The Bertz CT molecular complexity index is 1450. The van der Waals surface area contributed by atoms with Crippen molar-refractivity contribution in [1.82, 2.24) is 9.78 Å². The number of hydrogen-bond donors (Lipinski definition) is 1. The number of nitrogens with one attached hydrogen (secondary N) is 1. The predicted molar refractivity (Wildman–Crippen MR) is 127 cm³/mol. The van der Waals surface area contributed by atoms with E-state index in [0.717, 1.165) is 35.9 Å². The molecule has 0 saturated heterocycles. The fourth-order valence-corrected chi connectivity index (χ4v) is 3.30. The summed E-state index contributed by atoms with van der Waals surface area (Å²) in [5.41, 5.74) is -0.434. The number of aryl methyl sites for hydroxylation is 1. The van der Waals surface area contributed by atoms with Gasteiger partial charge in [0.2, 0.25) is 0 Å². The van der Waals surface area contributed by atoms with E-state index >= 15 is 0 Å². The van der Waals surface area contributed by atoms with Gasteiger partial charge in [-0.3, -0.25) is 14.9 Å². The van der Waals surface area contributed by atoms with Gasteiger partial charge in [0.15, 0.2) is 12.4 Å². The highest BCUT2D eigenvalue weighted by Gasteiger charge is 2.30. The fraction of sp³-hybridized carbons (Fsp3) is 0.120. The summed E-state index contributed by atoms with van der Waals surface area (Å²) in [6.45, 7) is 1.94. The topological polar surface area (TPSA) is 109 Å². The van der Waals surface area contributed by atoms with E-state index in [4.69, 9.17) is 9.47 Å². The summed E-state index contributed by atoms with van der Waals surface area (Å²) >= 11 is 0. The number of hydrogen-bond acceptors (Lipinski definition) is 6. The largest absolute Gasteiger partial charge is 0.471 e. The lowest BCUT2D eigenvalue weighted by Crippen LogP contribution is -2.14. The van der Waals surface area contributed by atoms with Gasteiger partial charge in [0.1, 0.15) is 17.2 Å². The molecule has 0 aliphatic rings. The van der Waals surface area contributed by atoms with Crippen LogP contribution in [0.1, 0.15) is 21.6 Å². The van der Waals surface area contributed by atoms with E-state index in [9.17, 15) is 28.1 Å². The van der Waals surface area contributed by atoms with Crippen LogP contribution in [0, 0.1) is 17.0 Å². The zero-order valence-corrected chi connectivity index (χ0v) is 19.2. The van der Waals surface area contributed by atoms with Gasteiger partial charge in [-0.25, -0.2) is 4.68 Å². The first-order valence-corrected chi connectivity index (χ1v) is 10.8. The number of nitro groups is 1. The molecule has 1 heterocycles. The normalized spacial score (nSPS) is 11.1. The Morgan fingerprint density at radius 1 is 1.05 bits per heavy atom. The summed E-state index contributed by atoms with van der Waals surface area (Å²) in [6, 6.07) is 16.3. The second-order valence-corrected chi connectivity index (χ2v) is 7.83. The molecule has 0 radical (unpaired) electrons. The smallest absolute Gasteiger partial charge is 0.416 e. The third-order valence-electron chi connectivity index (χ3n) is 5.08. The highest BCUT2D eigenvalue weighted by Crippen LogP contribution is 2.34. The van der Waals surface area contributed by atoms with Crippen LogP contribution in [0.15, 0.2) is 79.0 Å². The molecule has 190 valence electrons. The molecule has 12 heteroatoms. The SMILES string of the molecule is Cc1ccccc1OCn1ccc(C(=O)Nc2cc(Oc3cccc(C(F)(F)F)c3)cc([N+](=O)[O-])c2)n1. The summed E-state index contributed by atoms with van der Waals surface area (Å²) < 4.78 is 51.5. The summed E-state index contributed by atoms with van der Waals surface area (Å²) in [6.07, 6.45) is -3.06. The summed E-state index contributed by atoms with van der Waals surface area (Å²) in [4.78, 5) is 23.4. The minimum atomic E-state index is -4.59. The number of anilines is 1. The molecule has 1 amide bonds. The predicted octanol–water partition coefficient (Wildman–Crippen LogP) is 6.20. The van der Waals surface area contributed by atoms with Crippen molar-refractivity contribution in [2.24, 2.45) is 0 Å². The number of nitro benzene ring substituents is 1. The Labute approximate surface area is 208 Å². The van der Waals surface area contributed by atoms with E-state index in [-0.39, 0.29) is 29.6 Å². The number of carbonyl (C=O) groups excluding carboxylic acids is 1. The molecular weight excluding hydrogens is 493 g/mol. The highest BCUT2D eigenvalue weighted by atomic mass is 19.4. The molecule has 0 unspecified atom stereocenters. The Morgan fingerprint density at radius 2 is 1.84 bits per heavy atom. The summed E-state index contributed by atoms with van der Waals surface area (Å²) in [7, 11) is 0. The molecule has 0 aliphatic carbocycles. The van der Waals surface area contributed by atoms with Crippen molar-refractivity contribution in [3.63, 3.8) is 0 Å². The lowest BCUT2D eigenvalue weighted by Gasteiger charge is -2.11. The second-order valence-electron chi connectivity index (χ2n) is 7.83. The van der Waals surface area contributed by atoms with Gasteiger partial charge in [0.25, 0.3) is 11.6 Å². The van der Waals surface area contributed by atoms with E-state index in [2.05, 4.69) is 10.4 Å². The fourth-order valence-electron chi connectivity index (χ4n) is 3.30. The lowest BCUT2D eigenvalue weighted by atomic mass is 10.2.